The minimum atomic E-state index is -0.390. The van der Waals surface area contributed by atoms with Gasteiger partial charge in [0.15, 0.2) is 5.69 Å². The fourth-order valence-corrected chi connectivity index (χ4v) is 2.07. The third-order valence-electron chi connectivity index (χ3n) is 3.28. The molecule has 7 nitrogen and oxygen atoms in total. The lowest BCUT2D eigenvalue weighted by molar-refractivity contribution is 0.102. The minimum absolute atomic E-state index is 0.174. The zero-order valence-electron chi connectivity index (χ0n) is 13.5. The van der Waals surface area contributed by atoms with Crippen LogP contribution in [0, 0.1) is 0 Å². The number of nitrogens with two attached hydrogens (primary N) is 1. The summed E-state index contributed by atoms with van der Waals surface area (Å²) < 4.78 is 15.6. The van der Waals surface area contributed by atoms with Crippen LogP contribution in [0.4, 0.5) is 5.69 Å². The maximum atomic E-state index is 12.3. The van der Waals surface area contributed by atoms with Crippen molar-refractivity contribution < 1.29 is 18.7 Å². The fraction of sp³-hybridized carbons (Fsp3) is 0.375. The first kappa shape index (κ1) is 16.8. The van der Waals surface area contributed by atoms with Gasteiger partial charge in [-0.2, -0.15) is 0 Å². The number of ether oxygens (including phenoxy) is 2. The molecule has 1 unspecified atom stereocenters. The van der Waals surface area contributed by atoms with Crippen LogP contribution in [0.15, 0.2) is 28.9 Å². The lowest BCUT2D eigenvalue weighted by Gasteiger charge is -2.09. The summed E-state index contributed by atoms with van der Waals surface area (Å²) in [4.78, 5) is 16.4. The van der Waals surface area contributed by atoms with E-state index in [0.717, 1.165) is 12.8 Å². The summed E-state index contributed by atoms with van der Waals surface area (Å²) in [6, 6.07) is 4.78. The van der Waals surface area contributed by atoms with E-state index in [1.165, 1.54) is 6.26 Å². The van der Waals surface area contributed by atoms with Gasteiger partial charge in [-0.15, -0.1) is 0 Å². The predicted octanol–water partition coefficient (Wildman–Crippen LogP) is 2.74. The minimum Gasteiger partial charge on any atom is -0.497 e. The van der Waals surface area contributed by atoms with Crippen molar-refractivity contribution in [3.63, 3.8) is 0 Å². The van der Waals surface area contributed by atoms with Gasteiger partial charge in [0.05, 0.1) is 20.3 Å². The van der Waals surface area contributed by atoms with Crippen LogP contribution in [-0.4, -0.2) is 25.1 Å². The summed E-state index contributed by atoms with van der Waals surface area (Å²) in [6.45, 7) is 2.02. The van der Waals surface area contributed by atoms with Crippen LogP contribution in [0.1, 0.15) is 42.2 Å². The molecule has 0 aliphatic heterocycles. The van der Waals surface area contributed by atoms with Gasteiger partial charge < -0.3 is 24.9 Å². The molecule has 0 saturated carbocycles. The number of oxazole rings is 1. The van der Waals surface area contributed by atoms with Crippen LogP contribution in [0.25, 0.3) is 0 Å². The molecule has 2 rings (SSSR count). The molecule has 0 radical (unpaired) electrons. The molecule has 2 aromatic rings. The van der Waals surface area contributed by atoms with Crippen LogP contribution >= 0.6 is 0 Å². The molecule has 0 fully saturated rings. The summed E-state index contributed by atoms with van der Waals surface area (Å²) in [5.41, 5.74) is 6.64. The van der Waals surface area contributed by atoms with Crippen molar-refractivity contribution in [3.8, 4) is 11.5 Å². The highest BCUT2D eigenvalue weighted by atomic mass is 16.5. The van der Waals surface area contributed by atoms with Crippen molar-refractivity contribution >= 4 is 11.6 Å². The lowest BCUT2D eigenvalue weighted by Crippen LogP contribution is -2.14. The number of hydrogen-bond acceptors (Lipinski definition) is 6. The Morgan fingerprint density at radius 2 is 1.96 bits per heavy atom. The third kappa shape index (κ3) is 4.23. The molecule has 1 aromatic carbocycles. The van der Waals surface area contributed by atoms with E-state index in [9.17, 15) is 4.79 Å². The first-order valence-corrected chi connectivity index (χ1v) is 7.32. The normalized spacial score (nSPS) is 11.8. The van der Waals surface area contributed by atoms with Gasteiger partial charge in [-0.3, -0.25) is 4.79 Å². The Morgan fingerprint density at radius 1 is 1.30 bits per heavy atom. The number of nitrogens with one attached hydrogen (secondary N) is 1. The smallest absolute Gasteiger partial charge is 0.277 e. The Labute approximate surface area is 134 Å². The highest BCUT2D eigenvalue weighted by molar-refractivity contribution is 6.02. The van der Waals surface area contributed by atoms with Crippen LogP contribution in [0.2, 0.25) is 0 Å². The van der Waals surface area contributed by atoms with E-state index >= 15 is 0 Å². The molecule has 0 aliphatic rings. The summed E-state index contributed by atoms with van der Waals surface area (Å²) >= 11 is 0. The second-order valence-corrected chi connectivity index (χ2v) is 5.02. The third-order valence-corrected chi connectivity index (χ3v) is 3.28. The summed E-state index contributed by atoms with van der Waals surface area (Å²) in [6.07, 6.45) is 2.96. The lowest BCUT2D eigenvalue weighted by atomic mass is 10.2. The van der Waals surface area contributed by atoms with E-state index in [2.05, 4.69) is 10.3 Å². The molecule has 7 heteroatoms. The number of nitrogens with zero attached hydrogens (tertiary/aromatic N) is 1. The number of carbonyl (C=O) groups excluding carboxylic acids is 1. The molecular formula is C16H21N3O4. The molecule has 1 amide bonds. The van der Waals surface area contributed by atoms with Crippen molar-refractivity contribution in [2.45, 2.75) is 25.8 Å². The van der Waals surface area contributed by atoms with Gasteiger partial charge in [0.25, 0.3) is 5.91 Å². The van der Waals surface area contributed by atoms with E-state index in [1.807, 2.05) is 6.92 Å². The Morgan fingerprint density at radius 3 is 2.52 bits per heavy atom. The number of rotatable bonds is 7. The second-order valence-electron chi connectivity index (χ2n) is 5.02. The zero-order chi connectivity index (χ0) is 16.8. The van der Waals surface area contributed by atoms with Crippen molar-refractivity contribution in [1.29, 1.82) is 0 Å². The molecule has 1 aromatic heterocycles. The van der Waals surface area contributed by atoms with Gasteiger partial charge >= 0.3 is 0 Å². The Balaban J connectivity index is 2.13. The zero-order valence-corrected chi connectivity index (χ0v) is 13.5. The van der Waals surface area contributed by atoms with Crippen LogP contribution in [0.3, 0.4) is 0 Å². The monoisotopic (exact) mass is 319 g/mol. The maximum absolute atomic E-state index is 12.3. The van der Waals surface area contributed by atoms with Crippen LogP contribution in [0.5, 0.6) is 11.5 Å². The Kier molecular flexibility index (Phi) is 5.59. The van der Waals surface area contributed by atoms with Gasteiger partial charge in [0.1, 0.15) is 17.8 Å². The largest absolute Gasteiger partial charge is 0.497 e. The molecule has 0 spiro atoms. The van der Waals surface area contributed by atoms with Crippen molar-refractivity contribution in [2.75, 3.05) is 19.5 Å². The van der Waals surface area contributed by atoms with Gasteiger partial charge in [0.2, 0.25) is 5.89 Å². The number of anilines is 1. The number of hydrogen-bond donors (Lipinski definition) is 2. The Bertz CT molecular complexity index is 647. The predicted molar refractivity (Wildman–Crippen MR) is 85.8 cm³/mol. The molecule has 1 heterocycles. The average Bonchev–Trinajstić information content (AvgIpc) is 3.05. The van der Waals surface area contributed by atoms with Gasteiger partial charge in [0, 0.05) is 23.9 Å². The molecular weight excluding hydrogens is 298 g/mol. The number of amides is 1. The topological polar surface area (TPSA) is 99.6 Å². The Hall–Kier alpha value is -2.54. The highest BCUT2D eigenvalue weighted by Gasteiger charge is 2.17. The SMILES string of the molecule is CCCC(N)c1nc(C(=O)Nc2cc(OC)cc(OC)c2)co1. The van der Waals surface area contributed by atoms with E-state index < -0.39 is 0 Å². The first-order chi connectivity index (χ1) is 11.1. The molecule has 1 atom stereocenters. The fourth-order valence-electron chi connectivity index (χ4n) is 2.07. The highest BCUT2D eigenvalue weighted by Crippen LogP contribution is 2.26. The molecule has 0 bridgehead atoms. The molecule has 0 saturated heterocycles. The second kappa shape index (κ2) is 7.64. The van der Waals surface area contributed by atoms with Crippen molar-refractivity contribution in [2.24, 2.45) is 5.73 Å². The standard InChI is InChI=1S/C16H21N3O4/c1-4-5-13(17)16-19-14(9-23-16)15(20)18-10-6-11(21-2)8-12(7-10)22-3/h6-9,13H,4-5,17H2,1-3H3,(H,18,20). The number of aromatic nitrogens is 1. The number of methoxy groups -OCH3 is 2. The van der Waals surface area contributed by atoms with E-state index in [1.54, 1.807) is 32.4 Å². The summed E-state index contributed by atoms with van der Waals surface area (Å²) in [7, 11) is 3.08. The van der Waals surface area contributed by atoms with Gasteiger partial charge in [-0.25, -0.2) is 4.98 Å². The van der Waals surface area contributed by atoms with Crippen LogP contribution < -0.4 is 20.5 Å². The van der Waals surface area contributed by atoms with Crippen LogP contribution in [-0.2, 0) is 0 Å². The van der Waals surface area contributed by atoms with Crippen molar-refractivity contribution in [3.05, 3.63) is 36.0 Å². The van der Waals surface area contributed by atoms with Gasteiger partial charge in [-0.05, 0) is 6.42 Å². The average molecular weight is 319 g/mol. The number of carbonyl (C=O) groups is 1. The van der Waals surface area contributed by atoms with E-state index in [4.69, 9.17) is 19.6 Å². The summed E-state index contributed by atoms with van der Waals surface area (Å²) in [5.74, 6) is 1.12. The quantitative estimate of drug-likeness (QED) is 0.814. The molecule has 124 valence electrons. The van der Waals surface area contributed by atoms with Gasteiger partial charge in [-0.1, -0.05) is 13.3 Å². The van der Waals surface area contributed by atoms with E-state index in [-0.39, 0.29) is 17.6 Å². The summed E-state index contributed by atoms with van der Waals surface area (Å²) in [5, 5.41) is 2.73. The van der Waals surface area contributed by atoms with Crippen molar-refractivity contribution in [1.82, 2.24) is 4.98 Å². The molecule has 3 N–H and O–H groups in total. The maximum Gasteiger partial charge on any atom is 0.277 e. The molecule has 23 heavy (non-hydrogen) atoms. The number of benzene rings is 1. The molecule has 0 aliphatic carbocycles. The van der Waals surface area contributed by atoms with E-state index in [0.29, 0.717) is 23.1 Å². The first-order valence-electron chi connectivity index (χ1n) is 7.32.